The first kappa shape index (κ1) is 17.2. The number of amides is 1. The number of carbonyl (C=O) groups is 1. The molecule has 0 aliphatic heterocycles. The summed E-state index contributed by atoms with van der Waals surface area (Å²) in [7, 11) is 5.04. The highest BCUT2D eigenvalue weighted by Crippen LogP contribution is 2.35. The van der Waals surface area contributed by atoms with Crippen LogP contribution in [0.5, 0.6) is 11.5 Å². The Morgan fingerprint density at radius 2 is 1.96 bits per heavy atom. The number of aryl methyl sites for hydroxylation is 3. The number of ether oxygens (including phenoxy) is 2. The fourth-order valence-electron chi connectivity index (χ4n) is 2.64. The Labute approximate surface area is 149 Å². The van der Waals surface area contributed by atoms with Crippen LogP contribution in [0.1, 0.15) is 23.1 Å². The van der Waals surface area contributed by atoms with E-state index < -0.39 is 0 Å². The van der Waals surface area contributed by atoms with Gasteiger partial charge in [-0.05, 0) is 32.0 Å². The molecule has 0 N–H and O–H groups in total. The summed E-state index contributed by atoms with van der Waals surface area (Å²) < 4.78 is 15.4. The molecule has 3 aromatic rings. The second-order valence-electron chi connectivity index (χ2n) is 5.49. The zero-order chi connectivity index (χ0) is 18.1. The number of benzene rings is 1. The van der Waals surface area contributed by atoms with Crippen LogP contribution >= 0.6 is 11.3 Å². The molecular weight excluding hydrogens is 340 g/mol. The molecule has 0 unspecified atom stereocenters. The minimum absolute atomic E-state index is 0.332. The van der Waals surface area contributed by atoms with Gasteiger partial charge in [0, 0.05) is 19.3 Å². The molecule has 2 aromatic heterocycles. The highest BCUT2D eigenvalue weighted by molar-refractivity contribution is 7.16. The Morgan fingerprint density at radius 3 is 2.52 bits per heavy atom. The summed E-state index contributed by atoms with van der Waals surface area (Å²) in [6.07, 6.45) is 0. The monoisotopic (exact) mass is 360 g/mol. The summed E-state index contributed by atoms with van der Waals surface area (Å²) in [5, 5.41) is 4.20. The lowest BCUT2D eigenvalue weighted by Crippen LogP contribution is -2.16. The smallest absolute Gasteiger partial charge is 0.300 e. The van der Waals surface area contributed by atoms with Crippen molar-refractivity contribution in [3.8, 4) is 11.5 Å². The lowest BCUT2D eigenvalue weighted by atomic mass is 10.3. The molecule has 3 rings (SSSR count). The van der Waals surface area contributed by atoms with Crippen molar-refractivity contribution in [2.45, 2.75) is 20.4 Å². The number of thiazole rings is 1. The number of rotatable bonds is 4. The lowest BCUT2D eigenvalue weighted by Gasteiger charge is -2.08. The molecule has 25 heavy (non-hydrogen) atoms. The third kappa shape index (κ3) is 2.93. The van der Waals surface area contributed by atoms with Crippen LogP contribution in [0.2, 0.25) is 0 Å². The average Bonchev–Trinajstić information content (AvgIpc) is 3.14. The van der Waals surface area contributed by atoms with E-state index in [1.807, 2.05) is 30.5 Å². The largest absolute Gasteiger partial charge is 0.495 e. The van der Waals surface area contributed by atoms with Gasteiger partial charge in [0.05, 0.1) is 14.2 Å². The van der Waals surface area contributed by atoms with Crippen molar-refractivity contribution in [2.24, 2.45) is 12.0 Å². The molecule has 0 saturated heterocycles. The fourth-order valence-corrected chi connectivity index (χ4v) is 3.84. The predicted molar refractivity (Wildman–Crippen MR) is 96.4 cm³/mol. The van der Waals surface area contributed by atoms with Crippen LogP contribution in [0.15, 0.2) is 23.2 Å². The van der Waals surface area contributed by atoms with Crippen LogP contribution < -0.4 is 14.3 Å². The molecule has 0 fully saturated rings. The Hall–Kier alpha value is -2.61. The highest BCUT2D eigenvalue weighted by Gasteiger charge is 2.17. The van der Waals surface area contributed by atoms with Gasteiger partial charge < -0.3 is 14.0 Å². The maximum Gasteiger partial charge on any atom is 0.300 e. The molecule has 132 valence electrons. The second-order valence-corrected chi connectivity index (χ2v) is 6.47. The maximum atomic E-state index is 12.5. The molecule has 0 atom stereocenters. The second kappa shape index (κ2) is 6.72. The van der Waals surface area contributed by atoms with Crippen molar-refractivity contribution in [3.05, 3.63) is 34.4 Å². The van der Waals surface area contributed by atoms with Crippen molar-refractivity contribution in [2.75, 3.05) is 14.2 Å². The van der Waals surface area contributed by atoms with E-state index in [9.17, 15) is 4.79 Å². The van der Waals surface area contributed by atoms with E-state index in [-0.39, 0.29) is 5.91 Å². The van der Waals surface area contributed by atoms with E-state index in [0.717, 1.165) is 27.4 Å². The number of carbonyl (C=O) groups excluding carboxylic acids is 1. The van der Waals surface area contributed by atoms with Gasteiger partial charge in [-0.25, -0.2) is 0 Å². The fraction of sp³-hybridized carbons (Fsp3) is 0.353. The van der Waals surface area contributed by atoms with Crippen molar-refractivity contribution >= 4 is 27.5 Å². The minimum Gasteiger partial charge on any atom is -0.495 e. The van der Waals surface area contributed by atoms with Gasteiger partial charge in [-0.2, -0.15) is 10.1 Å². The molecule has 0 radical (unpaired) electrons. The van der Waals surface area contributed by atoms with Crippen LogP contribution in [-0.2, 0) is 13.6 Å². The van der Waals surface area contributed by atoms with Gasteiger partial charge in [0.2, 0.25) is 0 Å². The Balaban J connectivity index is 2.23. The van der Waals surface area contributed by atoms with Crippen LogP contribution in [0.3, 0.4) is 0 Å². The Bertz CT molecular complexity index is 993. The van der Waals surface area contributed by atoms with Crippen molar-refractivity contribution in [1.82, 2.24) is 14.3 Å². The molecule has 0 bridgehead atoms. The van der Waals surface area contributed by atoms with E-state index in [1.54, 1.807) is 32.0 Å². The number of fused-ring (bicyclic) bond motifs is 1. The number of aromatic nitrogens is 3. The van der Waals surface area contributed by atoms with Gasteiger partial charge in [-0.15, -0.1) is 0 Å². The lowest BCUT2D eigenvalue weighted by molar-refractivity contribution is 0.0992. The quantitative estimate of drug-likeness (QED) is 0.717. The first-order valence-corrected chi connectivity index (χ1v) is 8.65. The van der Waals surface area contributed by atoms with Gasteiger partial charge >= 0.3 is 0 Å². The Morgan fingerprint density at radius 1 is 1.28 bits per heavy atom. The van der Waals surface area contributed by atoms with Gasteiger partial charge in [0.15, 0.2) is 10.5 Å². The standard InChI is InChI=1S/C17H20N4O3S/c1-6-21-14-12(23-4)7-8-13(24-5)15(14)25-17(21)18-16(22)11-9-10(2)20(3)19-11/h7-9H,6H2,1-5H3. The normalized spacial score (nSPS) is 12.0. The molecule has 7 nitrogen and oxygen atoms in total. The van der Waals surface area contributed by atoms with Crippen LogP contribution in [-0.4, -0.2) is 34.5 Å². The van der Waals surface area contributed by atoms with Crippen LogP contribution in [0, 0.1) is 6.92 Å². The molecule has 0 saturated carbocycles. The van der Waals surface area contributed by atoms with E-state index in [4.69, 9.17) is 9.47 Å². The summed E-state index contributed by atoms with van der Waals surface area (Å²) >= 11 is 1.40. The molecule has 0 aliphatic carbocycles. The van der Waals surface area contributed by atoms with E-state index in [2.05, 4.69) is 10.1 Å². The van der Waals surface area contributed by atoms with Crippen molar-refractivity contribution < 1.29 is 14.3 Å². The summed E-state index contributed by atoms with van der Waals surface area (Å²) in [4.78, 5) is 17.4. The van der Waals surface area contributed by atoms with E-state index in [1.165, 1.54) is 11.3 Å². The van der Waals surface area contributed by atoms with Crippen molar-refractivity contribution in [1.29, 1.82) is 0 Å². The zero-order valence-corrected chi connectivity index (χ0v) is 15.7. The third-order valence-corrected chi connectivity index (χ3v) is 5.13. The third-order valence-electron chi connectivity index (χ3n) is 4.04. The SMILES string of the molecule is CCn1c(=NC(=O)c2cc(C)n(C)n2)sc2c(OC)ccc(OC)c21. The minimum atomic E-state index is -0.365. The van der Waals surface area contributed by atoms with Gasteiger partial charge in [0.25, 0.3) is 5.91 Å². The van der Waals surface area contributed by atoms with Crippen LogP contribution in [0.25, 0.3) is 10.2 Å². The average molecular weight is 360 g/mol. The number of nitrogens with zero attached hydrogens (tertiary/aromatic N) is 4. The molecular formula is C17H20N4O3S. The van der Waals surface area contributed by atoms with Crippen molar-refractivity contribution in [3.63, 3.8) is 0 Å². The maximum absolute atomic E-state index is 12.5. The summed E-state index contributed by atoms with van der Waals surface area (Å²) in [5.74, 6) is 1.08. The number of methoxy groups -OCH3 is 2. The summed E-state index contributed by atoms with van der Waals surface area (Å²) in [5.41, 5.74) is 2.11. The molecule has 1 aromatic carbocycles. The molecule has 8 heteroatoms. The molecule has 0 aliphatic rings. The molecule has 2 heterocycles. The van der Waals surface area contributed by atoms with Gasteiger partial charge in [0.1, 0.15) is 21.7 Å². The highest BCUT2D eigenvalue weighted by atomic mass is 32.1. The van der Waals surface area contributed by atoms with E-state index in [0.29, 0.717) is 17.0 Å². The van der Waals surface area contributed by atoms with Gasteiger partial charge in [-0.1, -0.05) is 11.3 Å². The number of hydrogen-bond acceptors (Lipinski definition) is 5. The van der Waals surface area contributed by atoms with Crippen LogP contribution in [0.4, 0.5) is 0 Å². The van der Waals surface area contributed by atoms with Gasteiger partial charge in [-0.3, -0.25) is 9.48 Å². The first-order chi connectivity index (χ1) is 12.0. The summed E-state index contributed by atoms with van der Waals surface area (Å²) in [6, 6.07) is 5.44. The Kier molecular flexibility index (Phi) is 4.63. The summed E-state index contributed by atoms with van der Waals surface area (Å²) in [6.45, 7) is 4.54. The molecule has 0 spiro atoms. The molecule has 1 amide bonds. The van der Waals surface area contributed by atoms with E-state index >= 15 is 0 Å². The first-order valence-electron chi connectivity index (χ1n) is 7.84. The number of hydrogen-bond donors (Lipinski definition) is 0. The predicted octanol–water partition coefficient (Wildman–Crippen LogP) is 2.52. The topological polar surface area (TPSA) is 70.6 Å². The zero-order valence-electron chi connectivity index (χ0n) is 14.9.